The Morgan fingerprint density at radius 1 is 1.06 bits per heavy atom. The number of phenolic OH excluding ortho intramolecular Hbond substituents is 1. The minimum Gasteiger partial charge on any atom is -0.507 e. The molecule has 2 aromatic carbocycles. The van der Waals surface area contributed by atoms with Crippen molar-refractivity contribution >= 4 is 22.9 Å². The molecule has 0 aliphatic carbocycles. The standard InChI is InChI=1S/C25H30N6O2/c1-16-9-8-12-19(21(16)32)13-26-22-20-23(30-24(29-22)28-17(2)25(3,4)33)31(15-27-20)14-18-10-6-5-7-11-18/h5-12,15,17,32-33H,13-14H2,1-4H3,(H2,26,28,29,30). The van der Waals surface area contributed by atoms with E-state index in [2.05, 4.69) is 32.7 Å². The summed E-state index contributed by atoms with van der Waals surface area (Å²) in [7, 11) is 0. The van der Waals surface area contributed by atoms with E-state index in [0.29, 0.717) is 36.0 Å². The minimum atomic E-state index is -0.955. The van der Waals surface area contributed by atoms with Crippen LogP contribution in [0.3, 0.4) is 0 Å². The Hall–Kier alpha value is -3.65. The van der Waals surface area contributed by atoms with Gasteiger partial charge in [0.15, 0.2) is 17.0 Å². The molecule has 0 spiro atoms. The van der Waals surface area contributed by atoms with Crippen molar-refractivity contribution in [3.8, 4) is 5.75 Å². The van der Waals surface area contributed by atoms with Gasteiger partial charge in [0.05, 0.1) is 24.5 Å². The van der Waals surface area contributed by atoms with Gasteiger partial charge >= 0.3 is 0 Å². The van der Waals surface area contributed by atoms with E-state index in [-0.39, 0.29) is 11.8 Å². The maximum Gasteiger partial charge on any atom is 0.227 e. The number of aliphatic hydroxyl groups is 1. The molecule has 172 valence electrons. The first kappa shape index (κ1) is 22.5. The smallest absolute Gasteiger partial charge is 0.227 e. The second-order valence-corrected chi connectivity index (χ2v) is 8.88. The molecule has 0 fully saturated rings. The molecule has 0 saturated heterocycles. The van der Waals surface area contributed by atoms with Crippen molar-refractivity contribution in [2.24, 2.45) is 0 Å². The molecule has 1 atom stereocenters. The maximum absolute atomic E-state index is 10.4. The largest absolute Gasteiger partial charge is 0.507 e. The number of para-hydroxylation sites is 1. The van der Waals surface area contributed by atoms with Gasteiger partial charge in [0.2, 0.25) is 5.95 Å². The zero-order valence-electron chi connectivity index (χ0n) is 19.4. The molecule has 8 nitrogen and oxygen atoms in total. The highest BCUT2D eigenvalue weighted by Gasteiger charge is 2.24. The molecular formula is C25H30N6O2. The number of hydrogen-bond acceptors (Lipinski definition) is 7. The number of aromatic hydroxyl groups is 1. The number of nitrogens with zero attached hydrogens (tertiary/aromatic N) is 4. The van der Waals surface area contributed by atoms with Crippen LogP contribution in [0.1, 0.15) is 37.5 Å². The number of fused-ring (bicyclic) bond motifs is 1. The van der Waals surface area contributed by atoms with E-state index < -0.39 is 5.60 Å². The summed E-state index contributed by atoms with van der Waals surface area (Å²) in [5.74, 6) is 1.21. The first-order chi connectivity index (χ1) is 15.7. The van der Waals surface area contributed by atoms with Crippen LogP contribution in [0.15, 0.2) is 54.9 Å². The van der Waals surface area contributed by atoms with E-state index in [9.17, 15) is 10.2 Å². The molecule has 4 rings (SSSR count). The van der Waals surface area contributed by atoms with Crippen molar-refractivity contribution in [1.82, 2.24) is 19.5 Å². The molecular weight excluding hydrogens is 416 g/mol. The number of rotatable bonds is 8. The maximum atomic E-state index is 10.4. The Bertz CT molecular complexity index is 1250. The lowest BCUT2D eigenvalue weighted by Crippen LogP contribution is -2.39. The monoisotopic (exact) mass is 446 g/mol. The van der Waals surface area contributed by atoms with E-state index >= 15 is 0 Å². The number of benzene rings is 2. The molecule has 0 amide bonds. The van der Waals surface area contributed by atoms with E-state index in [1.54, 1.807) is 20.2 Å². The molecule has 0 saturated carbocycles. The van der Waals surface area contributed by atoms with E-state index in [0.717, 1.165) is 16.7 Å². The molecule has 8 heteroatoms. The molecule has 4 aromatic rings. The summed E-state index contributed by atoms with van der Waals surface area (Å²) in [5, 5.41) is 27.3. The zero-order valence-corrected chi connectivity index (χ0v) is 19.4. The topological polar surface area (TPSA) is 108 Å². The summed E-state index contributed by atoms with van der Waals surface area (Å²) < 4.78 is 1.97. The number of anilines is 2. The van der Waals surface area contributed by atoms with Crippen molar-refractivity contribution in [1.29, 1.82) is 0 Å². The Morgan fingerprint density at radius 2 is 1.82 bits per heavy atom. The molecule has 0 bridgehead atoms. The number of aryl methyl sites for hydroxylation is 1. The lowest BCUT2D eigenvalue weighted by molar-refractivity contribution is 0.0646. The third kappa shape index (κ3) is 5.06. The first-order valence-electron chi connectivity index (χ1n) is 11.0. The predicted molar refractivity (Wildman–Crippen MR) is 130 cm³/mol. The van der Waals surface area contributed by atoms with Crippen LogP contribution in [0.4, 0.5) is 11.8 Å². The number of nitrogens with one attached hydrogen (secondary N) is 2. The van der Waals surface area contributed by atoms with Gasteiger partial charge in [0, 0.05) is 12.1 Å². The van der Waals surface area contributed by atoms with Crippen molar-refractivity contribution in [3.63, 3.8) is 0 Å². The zero-order chi connectivity index (χ0) is 23.6. The molecule has 0 aliphatic rings. The van der Waals surface area contributed by atoms with Crippen LogP contribution in [-0.2, 0) is 13.1 Å². The summed E-state index contributed by atoms with van der Waals surface area (Å²) >= 11 is 0. The summed E-state index contributed by atoms with van der Waals surface area (Å²) in [4.78, 5) is 13.9. The molecule has 0 radical (unpaired) electrons. The highest BCUT2D eigenvalue weighted by Crippen LogP contribution is 2.26. The number of imidazole rings is 1. The second-order valence-electron chi connectivity index (χ2n) is 8.88. The quantitative estimate of drug-likeness (QED) is 0.323. The highest BCUT2D eigenvalue weighted by atomic mass is 16.3. The van der Waals surface area contributed by atoms with Gasteiger partial charge in [-0.25, -0.2) is 4.98 Å². The number of hydrogen-bond donors (Lipinski definition) is 4. The Morgan fingerprint density at radius 3 is 2.55 bits per heavy atom. The van der Waals surface area contributed by atoms with Gasteiger partial charge in [-0.3, -0.25) is 0 Å². The molecule has 1 unspecified atom stereocenters. The Balaban J connectivity index is 1.71. The normalized spacial score (nSPS) is 12.6. The summed E-state index contributed by atoms with van der Waals surface area (Å²) in [6, 6.07) is 15.5. The Labute approximate surface area is 193 Å². The minimum absolute atomic E-state index is 0.263. The van der Waals surface area contributed by atoms with Crippen molar-refractivity contribution in [2.75, 3.05) is 10.6 Å². The SMILES string of the molecule is Cc1cccc(CNc2nc(NC(C)C(C)(C)O)nc3c2ncn3Cc2ccccc2)c1O. The van der Waals surface area contributed by atoms with Gasteiger partial charge in [0.25, 0.3) is 0 Å². The van der Waals surface area contributed by atoms with E-state index in [1.165, 1.54) is 0 Å². The average molecular weight is 447 g/mol. The number of phenols is 1. The molecule has 2 aromatic heterocycles. The fraction of sp³-hybridized carbons (Fsp3) is 0.320. The lowest BCUT2D eigenvalue weighted by atomic mass is 10.0. The van der Waals surface area contributed by atoms with Crippen LogP contribution in [-0.4, -0.2) is 41.4 Å². The van der Waals surface area contributed by atoms with Crippen LogP contribution in [0.2, 0.25) is 0 Å². The molecule has 4 N–H and O–H groups in total. The fourth-order valence-corrected chi connectivity index (χ4v) is 3.44. The van der Waals surface area contributed by atoms with Crippen molar-refractivity contribution in [2.45, 2.75) is 52.4 Å². The van der Waals surface area contributed by atoms with Crippen LogP contribution in [0, 0.1) is 6.92 Å². The predicted octanol–water partition coefficient (Wildman–Crippen LogP) is 4.07. The average Bonchev–Trinajstić information content (AvgIpc) is 3.17. The van der Waals surface area contributed by atoms with Gasteiger partial charge in [0.1, 0.15) is 5.75 Å². The van der Waals surface area contributed by atoms with Gasteiger partial charge in [-0.2, -0.15) is 9.97 Å². The van der Waals surface area contributed by atoms with E-state index in [1.807, 2.05) is 54.8 Å². The van der Waals surface area contributed by atoms with Crippen LogP contribution < -0.4 is 10.6 Å². The summed E-state index contributed by atoms with van der Waals surface area (Å²) in [6.07, 6.45) is 1.75. The van der Waals surface area contributed by atoms with Crippen LogP contribution in [0.25, 0.3) is 11.2 Å². The van der Waals surface area contributed by atoms with Crippen LogP contribution in [0.5, 0.6) is 5.75 Å². The van der Waals surface area contributed by atoms with Gasteiger partial charge in [-0.1, -0.05) is 48.5 Å². The number of aromatic nitrogens is 4. The lowest BCUT2D eigenvalue weighted by Gasteiger charge is -2.26. The molecule has 2 heterocycles. The van der Waals surface area contributed by atoms with Gasteiger partial charge in [-0.15, -0.1) is 0 Å². The van der Waals surface area contributed by atoms with Crippen molar-refractivity contribution < 1.29 is 10.2 Å². The second kappa shape index (κ2) is 9.07. The Kier molecular flexibility index (Phi) is 6.20. The fourth-order valence-electron chi connectivity index (χ4n) is 3.44. The summed E-state index contributed by atoms with van der Waals surface area (Å²) in [6.45, 7) is 8.23. The third-order valence-corrected chi connectivity index (χ3v) is 5.83. The van der Waals surface area contributed by atoms with Crippen molar-refractivity contribution in [3.05, 3.63) is 71.5 Å². The molecule has 33 heavy (non-hydrogen) atoms. The van der Waals surface area contributed by atoms with E-state index in [4.69, 9.17) is 4.98 Å². The van der Waals surface area contributed by atoms with Crippen LogP contribution >= 0.6 is 0 Å². The van der Waals surface area contributed by atoms with Gasteiger partial charge < -0.3 is 25.4 Å². The van der Waals surface area contributed by atoms with Gasteiger partial charge in [-0.05, 0) is 38.8 Å². The molecule has 0 aliphatic heterocycles. The third-order valence-electron chi connectivity index (χ3n) is 5.83. The first-order valence-corrected chi connectivity index (χ1v) is 11.0. The summed E-state index contributed by atoms with van der Waals surface area (Å²) in [5.41, 5.74) is 3.08. The highest BCUT2D eigenvalue weighted by molar-refractivity contribution is 5.84.